The van der Waals surface area contributed by atoms with E-state index in [-0.39, 0.29) is 160 Å². The zero-order valence-corrected chi connectivity index (χ0v) is 87.3. The number of Topliss-reactive ketones (excluding diaryl/α,β-unsaturated/α-hetero) is 6. The van der Waals surface area contributed by atoms with Crippen molar-refractivity contribution >= 4 is 200 Å². The van der Waals surface area contributed by atoms with E-state index < -0.39 is 105 Å². The number of ether oxygens (including phenoxy) is 1. The first-order valence-corrected chi connectivity index (χ1v) is 56.2. The molecule has 35 nitrogen and oxygen atoms in total. The highest BCUT2D eigenvalue weighted by Crippen LogP contribution is 2.57. The van der Waals surface area contributed by atoms with Crippen molar-refractivity contribution in [2.45, 2.75) is 291 Å². The summed E-state index contributed by atoms with van der Waals surface area (Å²) in [4.78, 5) is 246. The Morgan fingerprint density at radius 3 is 1.47 bits per heavy atom. The lowest BCUT2D eigenvalue weighted by Gasteiger charge is -2.39. The van der Waals surface area contributed by atoms with Gasteiger partial charge in [-0.1, -0.05) is 90.4 Å². The molecule has 22 rings (SSSR count). The fraction of sp³-hybridized carbons (Fsp3) is 0.560. The number of nitrogens with zero attached hydrogens (tertiary/aromatic N) is 5. The number of aldehydes is 1. The second-order valence-corrected chi connectivity index (χ2v) is 48.0. The molecule has 9 saturated carbocycles. The molecular formula is C109H127Cl4N15O20S. The summed E-state index contributed by atoms with van der Waals surface area (Å²) in [5.74, 6) is -5.12. The van der Waals surface area contributed by atoms with Crippen LogP contribution in [0.1, 0.15) is 267 Å². The summed E-state index contributed by atoms with van der Waals surface area (Å²) >= 11 is 25.0. The van der Waals surface area contributed by atoms with Gasteiger partial charge >= 0.3 is 0 Å². The lowest BCUT2D eigenvalue weighted by Crippen LogP contribution is -2.58. The number of carbonyl (C=O) groups excluding carboxylic acids is 17. The highest BCUT2D eigenvalue weighted by atomic mass is 35.5. The lowest BCUT2D eigenvalue weighted by atomic mass is 9.86. The van der Waals surface area contributed by atoms with E-state index in [9.17, 15) is 89.9 Å². The normalized spacial score (nSPS) is 25.8. The molecule has 4 aromatic carbocycles. The number of amides is 10. The lowest BCUT2D eigenvalue weighted by molar-refractivity contribution is -0.141. The van der Waals surface area contributed by atoms with Gasteiger partial charge < -0.3 is 81.0 Å². The van der Waals surface area contributed by atoms with Crippen molar-refractivity contribution in [3.63, 3.8) is 0 Å². The van der Waals surface area contributed by atoms with Gasteiger partial charge in [0.1, 0.15) is 76.2 Å². The number of hydrogen-bond acceptors (Lipinski definition) is 21. The summed E-state index contributed by atoms with van der Waals surface area (Å²) in [6.45, 7) is 3.54. The van der Waals surface area contributed by atoms with E-state index in [0.717, 1.165) is 150 Å². The molecule has 4 aromatic heterocycles. The summed E-state index contributed by atoms with van der Waals surface area (Å²) in [5.41, 5.74) is 4.28. The summed E-state index contributed by atoms with van der Waals surface area (Å²) in [6.07, 6.45) is 24.0. The molecule has 40 heteroatoms. The van der Waals surface area contributed by atoms with Crippen LogP contribution in [0, 0.1) is 52.3 Å². The number of rotatable bonds is 30. The van der Waals surface area contributed by atoms with Crippen molar-refractivity contribution in [1.29, 1.82) is 0 Å². The monoisotopic (exact) mass is 2140 g/mol. The van der Waals surface area contributed by atoms with Crippen molar-refractivity contribution in [3.8, 4) is 5.75 Å². The molecule has 792 valence electrons. The molecule has 149 heavy (non-hydrogen) atoms. The number of methoxy groups -OCH3 is 1. The van der Waals surface area contributed by atoms with Crippen LogP contribution in [0.3, 0.4) is 0 Å². The van der Waals surface area contributed by atoms with Gasteiger partial charge in [0.05, 0.1) is 62.9 Å². The molecule has 16 atom stereocenters. The van der Waals surface area contributed by atoms with Gasteiger partial charge in [0.25, 0.3) is 35.4 Å². The van der Waals surface area contributed by atoms with Crippen LogP contribution in [0.4, 0.5) is 0 Å². The fourth-order valence-corrected chi connectivity index (χ4v) is 27.8. The molecule has 14 aliphatic rings. The maximum Gasteiger partial charge on any atom is 0.290 e. The van der Waals surface area contributed by atoms with Crippen LogP contribution < -0.4 is 36.6 Å². The number of ketones is 6. The minimum Gasteiger partial charge on any atom is -0.496 e. The Balaban J connectivity index is 0.000000125. The first-order valence-electron chi connectivity index (χ1n) is 53.0. The molecular weight excluding hydrogens is 2010 g/mol. The van der Waals surface area contributed by atoms with E-state index in [1.165, 1.54) is 0 Å². The van der Waals surface area contributed by atoms with Crippen molar-refractivity contribution in [3.05, 3.63) is 128 Å². The SMILES string of the molecule is CCC(=O)C(CC1CCCC1=O)NC(=O)C1C2CCCC2CN1C(=O)c1nc2c(Cl)ccc(Cl)c2[nH]1.COc1cccc2[nH]c(C(=O)N3CC4CCCC4C3C(=O)NC(C=O)CC3CCCS3(=O)=O)cc12.O=C(NC1CC1)C(=O)C(CC1CCCC1=O)NC(=O)C1CC2(CCN1C(=O)c1cc3c(Cl)cc(Cl)cc3[nH]1)CC2.O=C(NC1CC1)C(=O)C(CC1CCCC1=O)NC(=O)C1CC2(CCN1C(=O)c1cc3ccccc3[nH]1)CC2. The predicted octanol–water partition coefficient (Wildman–Crippen LogP) is 13.0. The number of imidazole rings is 1. The molecule has 2 spiro atoms. The van der Waals surface area contributed by atoms with Gasteiger partial charge in [-0.25, -0.2) is 13.4 Å². The number of sulfone groups is 1. The number of para-hydroxylation sites is 1. The number of aromatic nitrogens is 5. The number of halogens is 4. The van der Waals surface area contributed by atoms with Crippen LogP contribution in [-0.2, 0) is 72.2 Å². The number of nitrogens with one attached hydrogen (secondary N) is 10. The number of likely N-dealkylation sites (tertiary alicyclic amines) is 4. The minimum atomic E-state index is -3.23. The van der Waals surface area contributed by atoms with Gasteiger partial charge in [0.2, 0.25) is 35.2 Å². The van der Waals surface area contributed by atoms with Gasteiger partial charge in [-0.15, -0.1) is 0 Å². The molecule has 0 bridgehead atoms. The average molecular weight is 2140 g/mol. The van der Waals surface area contributed by atoms with Gasteiger partial charge in [-0.2, -0.15) is 0 Å². The van der Waals surface area contributed by atoms with Gasteiger partial charge in [0, 0.05) is 119 Å². The minimum absolute atomic E-state index is 0.00778. The standard InChI is InChI=1S/C29H32Cl2N4O5.C29H34N4O5.C26H30Cl2N4O4.C25H31N3O6S/c30-16-11-19(31)18-13-22(33-20(18)12-16)28(40)35-9-8-29(6-7-29)14-23(35)26(38)34-21(10-15-2-1-3-24(15)36)25(37)27(39)32-17-4-5-17;34-24-7-3-5-18(24)15-21(25(35)27(37)30-19-8-9-19)32-26(36)23-16-29(10-11-29)12-13-33(23)28(38)22-14-17-4-1-2-6-20(17)31-22;1-2-19(33)18(11-13-5-4-8-20(13)34)29-25(35)23-15-7-3-6-14(15)12-32(23)26(36)24-30-21-16(27)9-10-17(28)22(21)31-24;1-34-22-9-3-8-20-19(22)12-21(27-20)25(31)28-13-15-5-2-7-18(15)23(28)24(30)26-16(14-29)11-17-6-4-10-35(17,32)33/h11-13,15,17,21,23,33H,1-10,14H2,(H,32,39)(H,34,38);1-2,4,6,14,18-19,21,23,31H,3,5,7-13,15-16H2,(H,30,37)(H,32,36);9-10,13-15,18,23H,2-8,11-12H2,1H3,(H,29,35)(H,30,31);3,8-9,12,14-18,23,27H,2,4-7,10-11,13H2,1H3,(H,26,30). The Hall–Kier alpha value is -11.7. The third-order valence-corrected chi connectivity index (χ3v) is 37.5. The van der Waals surface area contributed by atoms with Crippen LogP contribution in [0.25, 0.3) is 43.7 Å². The number of carbonyl (C=O) groups is 17. The van der Waals surface area contributed by atoms with E-state index >= 15 is 0 Å². The number of piperidine rings is 2. The van der Waals surface area contributed by atoms with Crippen molar-refractivity contribution in [1.82, 2.24) is 76.4 Å². The zero-order chi connectivity index (χ0) is 105. The molecule has 9 aliphatic carbocycles. The molecule has 14 fully saturated rings. The number of H-pyrrole nitrogens is 4. The Bertz CT molecular complexity index is 6720. The largest absolute Gasteiger partial charge is 0.496 e. The quantitative estimate of drug-likeness (QED) is 0.0148. The van der Waals surface area contributed by atoms with Crippen molar-refractivity contribution < 1.29 is 94.7 Å². The van der Waals surface area contributed by atoms with Crippen molar-refractivity contribution in [2.75, 3.05) is 39.0 Å². The Morgan fingerprint density at radius 1 is 0.483 bits per heavy atom. The first-order chi connectivity index (χ1) is 71.5. The van der Waals surface area contributed by atoms with Crippen LogP contribution in [0.2, 0.25) is 20.1 Å². The highest BCUT2D eigenvalue weighted by molar-refractivity contribution is 7.92. The first kappa shape index (κ1) is 106. The van der Waals surface area contributed by atoms with Crippen molar-refractivity contribution in [2.24, 2.45) is 52.3 Å². The van der Waals surface area contributed by atoms with Gasteiger partial charge in [-0.05, 0) is 275 Å². The number of hydrogen-bond donors (Lipinski definition) is 10. The highest BCUT2D eigenvalue weighted by Gasteiger charge is 2.57. The van der Waals surface area contributed by atoms with Gasteiger partial charge in [-0.3, -0.25) is 76.7 Å². The Morgan fingerprint density at radius 2 is 0.973 bits per heavy atom. The topological polar surface area (TPSA) is 495 Å². The summed E-state index contributed by atoms with van der Waals surface area (Å²) in [6, 6.07) is 18.1. The molecule has 10 amide bonds. The zero-order valence-electron chi connectivity index (χ0n) is 83.5. The summed E-state index contributed by atoms with van der Waals surface area (Å²) in [5, 5.41) is 20.1. The molecule has 0 radical (unpaired) electrons. The fourth-order valence-electron chi connectivity index (χ4n) is 24.9. The number of fused-ring (bicyclic) bond motifs is 6. The van der Waals surface area contributed by atoms with E-state index in [0.29, 0.717) is 156 Å². The third kappa shape index (κ3) is 23.2. The van der Waals surface area contributed by atoms with E-state index in [2.05, 4.69) is 56.8 Å². The number of aromatic amines is 4. The molecule has 9 heterocycles. The van der Waals surface area contributed by atoms with E-state index in [4.69, 9.17) is 51.1 Å². The molecule has 10 N–H and O–H groups in total. The third-order valence-electron chi connectivity index (χ3n) is 34.0. The summed E-state index contributed by atoms with van der Waals surface area (Å²) in [7, 11) is -1.65. The molecule has 8 aromatic rings. The summed E-state index contributed by atoms with van der Waals surface area (Å²) < 4.78 is 29.9. The average Bonchev–Trinajstić information content (AvgIpc) is 1.55. The maximum absolute atomic E-state index is 13.8. The van der Waals surface area contributed by atoms with Crippen LogP contribution in [0.15, 0.2) is 84.9 Å². The molecule has 16 unspecified atom stereocenters. The smallest absolute Gasteiger partial charge is 0.290 e. The van der Waals surface area contributed by atoms with Crippen LogP contribution >= 0.6 is 46.4 Å². The predicted molar refractivity (Wildman–Crippen MR) is 554 cm³/mol. The van der Waals surface area contributed by atoms with E-state index in [1.807, 2.05) is 42.5 Å². The second kappa shape index (κ2) is 44.3. The number of benzene rings is 4. The maximum atomic E-state index is 13.8. The molecule has 5 saturated heterocycles. The van der Waals surface area contributed by atoms with E-state index in [1.54, 1.807) is 76.1 Å². The molecule has 5 aliphatic heterocycles. The Labute approximate surface area is 881 Å². The second-order valence-electron chi connectivity index (χ2n) is 43.9. The van der Waals surface area contributed by atoms with Crippen LogP contribution in [-0.4, -0.2) is 258 Å². The Kier molecular flexibility index (Phi) is 31.4. The van der Waals surface area contributed by atoms with Gasteiger partial charge in [0.15, 0.2) is 21.4 Å². The van der Waals surface area contributed by atoms with Crippen LogP contribution in [0.5, 0.6) is 5.75 Å².